The fraction of sp³-hybridized carbons (Fsp3) is 0.368. The molecule has 0 unspecified atom stereocenters. The Hall–Kier alpha value is -2.25. The van der Waals surface area contributed by atoms with Crippen LogP contribution in [0, 0.1) is 13.8 Å². The summed E-state index contributed by atoms with van der Waals surface area (Å²) >= 11 is 0. The third-order valence-corrected chi connectivity index (χ3v) is 6.29. The molecule has 7 heteroatoms. The normalized spacial score (nSPS) is 15.8. The van der Waals surface area contributed by atoms with Crippen molar-refractivity contribution in [3.63, 3.8) is 0 Å². The number of nitrogens with one attached hydrogen (secondary N) is 1. The molecular formula is C19H23N3O3S. The Kier molecular flexibility index (Phi) is 5.38. The summed E-state index contributed by atoms with van der Waals surface area (Å²) in [6.07, 6.45) is 2.77. The van der Waals surface area contributed by atoms with Gasteiger partial charge in [0.15, 0.2) is 0 Å². The fourth-order valence-corrected chi connectivity index (χ4v) is 4.77. The van der Waals surface area contributed by atoms with Crippen LogP contribution in [0.15, 0.2) is 47.5 Å². The quantitative estimate of drug-likeness (QED) is 0.892. The van der Waals surface area contributed by atoms with E-state index in [0.29, 0.717) is 36.5 Å². The topological polar surface area (TPSA) is 79.4 Å². The highest BCUT2D eigenvalue weighted by molar-refractivity contribution is 7.89. The highest BCUT2D eigenvalue weighted by Crippen LogP contribution is 2.19. The minimum Gasteiger partial charge on any atom is -0.337 e. The Morgan fingerprint density at radius 3 is 2.50 bits per heavy atom. The van der Waals surface area contributed by atoms with Crippen LogP contribution in [0.5, 0.6) is 0 Å². The number of pyridine rings is 1. The maximum absolute atomic E-state index is 12.7. The highest BCUT2D eigenvalue weighted by atomic mass is 32.2. The van der Waals surface area contributed by atoms with Crippen molar-refractivity contribution in [1.29, 1.82) is 0 Å². The van der Waals surface area contributed by atoms with Crippen molar-refractivity contribution in [1.82, 2.24) is 14.6 Å². The molecule has 0 saturated carbocycles. The SMILES string of the molecule is Cc1ccc(S(=O)(=O)NC2CCN(C(=O)c3ccccn3)CC2)c(C)c1. The minimum absolute atomic E-state index is 0.110. The molecule has 1 saturated heterocycles. The molecule has 1 aliphatic heterocycles. The van der Waals surface area contributed by atoms with E-state index in [0.717, 1.165) is 11.1 Å². The standard InChI is InChI=1S/C19H23N3O3S/c1-14-6-7-18(15(2)13-14)26(24,25)21-16-8-11-22(12-9-16)19(23)17-5-3-4-10-20-17/h3-7,10,13,16,21H,8-9,11-12H2,1-2H3. The number of aryl methyl sites for hydroxylation is 2. The number of benzene rings is 1. The van der Waals surface area contributed by atoms with Crippen LogP contribution in [-0.2, 0) is 10.0 Å². The summed E-state index contributed by atoms with van der Waals surface area (Å²) in [5.74, 6) is -0.110. The maximum atomic E-state index is 12.7. The van der Waals surface area contributed by atoms with Crippen molar-refractivity contribution >= 4 is 15.9 Å². The van der Waals surface area contributed by atoms with Crippen molar-refractivity contribution < 1.29 is 13.2 Å². The monoisotopic (exact) mass is 373 g/mol. The minimum atomic E-state index is -3.56. The van der Waals surface area contributed by atoms with Crippen LogP contribution >= 0.6 is 0 Å². The van der Waals surface area contributed by atoms with Crippen molar-refractivity contribution in [2.75, 3.05) is 13.1 Å². The van der Waals surface area contributed by atoms with Gasteiger partial charge >= 0.3 is 0 Å². The van der Waals surface area contributed by atoms with Gasteiger partial charge in [0.25, 0.3) is 5.91 Å². The summed E-state index contributed by atoms with van der Waals surface area (Å²) in [6.45, 7) is 4.76. The Balaban J connectivity index is 1.62. The lowest BCUT2D eigenvalue weighted by Crippen LogP contribution is -2.46. The number of carbonyl (C=O) groups excluding carboxylic acids is 1. The molecule has 2 aromatic rings. The number of sulfonamides is 1. The lowest BCUT2D eigenvalue weighted by Gasteiger charge is -2.32. The van der Waals surface area contributed by atoms with Gasteiger partial charge in [-0.1, -0.05) is 23.8 Å². The van der Waals surface area contributed by atoms with Crippen LogP contribution in [0.3, 0.4) is 0 Å². The van der Waals surface area contributed by atoms with Crippen molar-refractivity contribution in [2.45, 2.75) is 37.6 Å². The van der Waals surface area contributed by atoms with Crippen LogP contribution in [0.4, 0.5) is 0 Å². The molecule has 0 spiro atoms. The third kappa shape index (κ3) is 4.11. The molecule has 0 bridgehead atoms. The first-order valence-corrected chi connectivity index (χ1v) is 10.1. The summed E-state index contributed by atoms with van der Waals surface area (Å²) in [4.78, 5) is 18.5. The van der Waals surface area contributed by atoms with E-state index in [1.165, 1.54) is 0 Å². The van der Waals surface area contributed by atoms with Gasteiger partial charge < -0.3 is 4.90 Å². The van der Waals surface area contributed by atoms with Crippen molar-refractivity contribution in [3.05, 3.63) is 59.4 Å². The van der Waals surface area contributed by atoms with Crippen LogP contribution in [0.1, 0.15) is 34.5 Å². The Bertz CT molecular complexity index is 890. The number of hydrogen-bond donors (Lipinski definition) is 1. The lowest BCUT2D eigenvalue weighted by molar-refractivity contribution is 0.0705. The third-order valence-electron chi connectivity index (χ3n) is 4.61. The largest absolute Gasteiger partial charge is 0.337 e. The predicted octanol–water partition coefficient (Wildman–Crippen LogP) is 2.28. The molecule has 0 radical (unpaired) electrons. The first-order chi connectivity index (χ1) is 12.4. The average Bonchev–Trinajstić information content (AvgIpc) is 2.62. The molecule has 2 heterocycles. The molecule has 1 fully saturated rings. The number of nitrogens with zero attached hydrogens (tertiary/aromatic N) is 2. The second-order valence-corrected chi connectivity index (χ2v) is 8.35. The van der Waals surface area contributed by atoms with E-state index in [2.05, 4.69) is 9.71 Å². The van der Waals surface area contributed by atoms with Crippen LogP contribution in [0.25, 0.3) is 0 Å². The molecule has 1 amide bonds. The molecular weight excluding hydrogens is 350 g/mol. The molecule has 1 N–H and O–H groups in total. The number of rotatable bonds is 4. The molecule has 1 aromatic carbocycles. The van der Waals surface area contributed by atoms with Crippen LogP contribution in [0.2, 0.25) is 0 Å². The van der Waals surface area contributed by atoms with E-state index < -0.39 is 10.0 Å². The Morgan fingerprint density at radius 1 is 1.15 bits per heavy atom. The van der Waals surface area contributed by atoms with Gasteiger partial charge in [-0.05, 0) is 50.5 Å². The van der Waals surface area contributed by atoms with E-state index in [1.807, 2.05) is 13.0 Å². The number of carbonyl (C=O) groups is 1. The molecule has 6 nitrogen and oxygen atoms in total. The van der Waals surface area contributed by atoms with E-state index in [1.54, 1.807) is 48.4 Å². The van der Waals surface area contributed by atoms with E-state index in [4.69, 9.17) is 0 Å². The predicted molar refractivity (Wildman–Crippen MR) is 99.4 cm³/mol. The van der Waals surface area contributed by atoms with Gasteiger partial charge in [-0.3, -0.25) is 9.78 Å². The van der Waals surface area contributed by atoms with Crippen molar-refractivity contribution in [3.8, 4) is 0 Å². The molecule has 0 aliphatic carbocycles. The Labute approximate surface area is 154 Å². The molecule has 26 heavy (non-hydrogen) atoms. The zero-order valence-corrected chi connectivity index (χ0v) is 15.8. The summed E-state index contributed by atoms with van der Waals surface area (Å²) in [6, 6.07) is 10.4. The number of amides is 1. The van der Waals surface area contributed by atoms with Gasteiger partial charge in [-0.15, -0.1) is 0 Å². The number of hydrogen-bond acceptors (Lipinski definition) is 4. The molecule has 138 valence electrons. The second-order valence-electron chi connectivity index (χ2n) is 6.67. The zero-order chi connectivity index (χ0) is 18.7. The smallest absolute Gasteiger partial charge is 0.272 e. The number of piperidine rings is 1. The van der Waals surface area contributed by atoms with E-state index >= 15 is 0 Å². The van der Waals surface area contributed by atoms with Crippen LogP contribution < -0.4 is 4.72 Å². The second kappa shape index (κ2) is 7.55. The van der Waals surface area contributed by atoms with Gasteiger partial charge in [0.2, 0.25) is 10.0 Å². The van der Waals surface area contributed by atoms with E-state index in [9.17, 15) is 13.2 Å². The maximum Gasteiger partial charge on any atom is 0.272 e. The molecule has 1 aromatic heterocycles. The first kappa shape index (κ1) is 18.5. The average molecular weight is 373 g/mol. The molecule has 1 aliphatic rings. The van der Waals surface area contributed by atoms with Gasteiger partial charge in [0.05, 0.1) is 4.90 Å². The summed E-state index contributed by atoms with van der Waals surface area (Å²) in [7, 11) is -3.56. The number of aromatic nitrogens is 1. The lowest BCUT2D eigenvalue weighted by atomic mass is 10.1. The van der Waals surface area contributed by atoms with E-state index in [-0.39, 0.29) is 11.9 Å². The fourth-order valence-electron chi connectivity index (χ4n) is 3.24. The highest BCUT2D eigenvalue weighted by Gasteiger charge is 2.28. The van der Waals surface area contributed by atoms with Gasteiger partial charge in [-0.2, -0.15) is 0 Å². The molecule has 0 atom stereocenters. The first-order valence-electron chi connectivity index (χ1n) is 8.67. The van der Waals surface area contributed by atoms with Gasteiger partial charge in [-0.25, -0.2) is 13.1 Å². The van der Waals surface area contributed by atoms with Gasteiger partial charge in [0, 0.05) is 25.3 Å². The Morgan fingerprint density at radius 2 is 1.88 bits per heavy atom. The molecule has 3 rings (SSSR count). The summed E-state index contributed by atoms with van der Waals surface area (Å²) in [5, 5.41) is 0. The summed E-state index contributed by atoms with van der Waals surface area (Å²) < 4.78 is 28.1. The number of likely N-dealkylation sites (tertiary alicyclic amines) is 1. The van der Waals surface area contributed by atoms with Crippen LogP contribution in [-0.4, -0.2) is 43.3 Å². The van der Waals surface area contributed by atoms with Gasteiger partial charge in [0.1, 0.15) is 5.69 Å². The zero-order valence-electron chi connectivity index (χ0n) is 15.0. The van der Waals surface area contributed by atoms with Crippen molar-refractivity contribution in [2.24, 2.45) is 0 Å². The summed E-state index contributed by atoms with van der Waals surface area (Å²) in [5.41, 5.74) is 2.19.